The first-order valence-electron chi connectivity index (χ1n) is 6.17. The normalized spacial score (nSPS) is 18.1. The van der Waals surface area contributed by atoms with Gasteiger partial charge < -0.3 is 15.3 Å². The van der Waals surface area contributed by atoms with Crippen molar-refractivity contribution in [2.24, 2.45) is 5.92 Å². The molecule has 1 aromatic carbocycles. The summed E-state index contributed by atoms with van der Waals surface area (Å²) in [5.41, 5.74) is 0.817. The van der Waals surface area contributed by atoms with Crippen LogP contribution in [0.15, 0.2) is 22.7 Å². The van der Waals surface area contributed by atoms with Crippen LogP contribution in [0.3, 0.4) is 0 Å². The number of carboxylic acid groups (broad SMARTS) is 1. The molecule has 0 saturated carbocycles. The summed E-state index contributed by atoms with van der Waals surface area (Å²) < 4.78 is 0.876. The molecule has 2 amide bonds. The molecule has 1 unspecified atom stereocenters. The van der Waals surface area contributed by atoms with Crippen molar-refractivity contribution in [1.29, 1.82) is 0 Å². The number of carboxylic acids is 1. The van der Waals surface area contributed by atoms with Crippen LogP contribution in [-0.2, 0) is 11.3 Å². The molecule has 108 valence electrons. The highest BCUT2D eigenvalue weighted by atomic mass is 79.9. The van der Waals surface area contributed by atoms with Gasteiger partial charge in [0, 0.05) is 29.1 Å². The van der Waals surface area contributed by atoms with E-state index in [4.69, 9.17) is 16.7 Å². The minimum Gasteiger partial charge on any atom is -0.481 e. The number of amides is 2. The Labute approximate surface area is 130 Å². The predicted octanol–water partition coefficient (Wildman–Crippen LogP) is 2.72. The maximum absolute atomic E-state index is 11.9. The van der Waals surface area contributed by atoms with E-state index in [-0.39, 0.29) is 12.6 Å². The van der Waals surface area contributed by atoms with Crippen molar-refractivity contribution < 1.29 is 14.7 Å². The standard InChI is InChI=1S/C13H14BrClN2O3/c14-10-2-1-8(11(15)5-10)6-16-13(20)17-4-3-9(7-17)12(18)19/h1-2,5,9H,3-4,6-7H2,(H,16,20)(H,18,19). The molecule has 20 heavy (non-hydrogen) atoms. The van der Waals surface area contributed by atoms with E-state index in [9.17, 15) is 9.59 Å². The number of carbonyl (C=O) groups is 2. The Balaban J connectivity index is 1.88. The Bertz CT molecular complexity index is 538. The second-order valence-corrected chi connectivity index (χ2v) is 5.99. The highest BCUT2D eigenvalue weighted by Gasteiger charge is 2.30. The smallest absolute Gasteiger partial charge is 0.317 e. The van der Waals surface area contributed by atoms with Crippen LogP contribution in [0.2, 0.25) is 5.02 Å². The Morgan fingerprint density at radius 2 is 2.25 bits per heavy atom. The fourth-order valence-corrected chi connectivity index (χ4v) is 2.83. The maximum Gasteiger partial charge on any atom is 0.317 e. The van der Waals surface area contributed by atoms with Crippen LogP contribution >= 0.6 is 27.5 Å². The Kier molecular flexibility index (Phi) is 4.88. The van der Waals surface area contributed by atoms with Crippen LogP contribution in [0.1, 0.15) is 12.0 Å². The molecule has 1 aliphatic rings. The van der Waals surface area contributed by atoms with Crippen LogP contribution in [0, 0.1) is 5.92 Å². The van der Waals surface area contributed by atoms with Crippen LogP contribution in [0.4, 0.5) is 4.79 Å². The zero-order chi connectivity index (χ0) is 14.7. The van der Waals surface area contributed by atoms with Crippen molar-refractivity contribution in [2.75, 3.05) is 13.1 Å². The highest BCUT2D eigenvalue weighted by molar-refractivity contribution is 9.10. The number of carbonyl (C=O) groups excluding carboxylic acids is 1. The van der Waals surface area contributed by atoms with Gasteiger partial charge in [-0.25, -0.2) is 4.79 Å². The molecule has 5 nitrogen and oxygen atoms in total. The molecular weight excluding hydrogens is 348 g/mol. The number of likely N-dealkylation sites (tertiary alicyclic amines) is 1. The van der Waals surface area contributed by atoms with Crippen molar-refractivity contribution in [3.8, 4) is 0 Å². The number of nitrogens with one attached hydrogen (secondary N) is 1. The third-order valence-electron chi connectivity index (χ3n) is 3.27. The summed E-state index contributed by atoms with van der Waals surface area (Å²) in [5.74, 6) is -1.31. The number of hydrogen-bond acceptors (Lipinski definition) is 2. The van der Waals surface area contributed by atoms with Gasteiger partial charge in [-0.3, -0.25) is 4.79 Å². The van der Waals surface area contributed by atoms with Gasteiger partial charge in [-0.2, -0.15) is 0 Å². The Hall–Kier alpha value is -1.27. The van der Waals surface area contributed by atoms with E-state index in [1.54, 1.807) is 6.07 Å². The number of aliphatic carboxylic acids is 1. The van der Waals surface area contributed by atoms with Gasteiger partial charge in [-0.1, -0.05) is 33.6 Å². The zero-order valence-corrected chi connectivity index (χ0v) is 12.9. The third kappa shape index (κ3) is 3.64. The molecule has 1 fully saturated rings. The van der Waals surface area contributed by atoms with Crippen LogP contribution in [-0.4, -0.2) is 35.1 Å². The largest absolute Gasteiger partial charge is 0.481 e. The second-order valence-electron chi connectivity index (χ2n) is 4.66. The summed E-state index contributed by atoms with van der Waals surface area (Å²) >= 11 is 9.38. The lowest BCUT2D eigenvalue weighted by Crippen LogP contribution is -2.38. The van der Waals surface area contributed by atoms with E-state index in [2.05, 4.69) is 21.2 Å². The SMILES string of the molecule is O=C(O)C1CCN(C(=O)NCc2ccc(Br)cc2Cl)C1. The van der Waals surface area contributed by atoms with Crippen molar-refractivity contribution in [2.45, 2.75) is 13.0 Å². The first kappa shape index (κ1) is 15.1. The van der Waals surface area contributed by atoms with Crippen molar-refractivity contribution >= 4 is 39.5 Å². The lowest BCUT2D eigenvalue weighted by atomic mass is 10.1. The Morgan fingerprint density at radius 3 is 2.85 bits per heavy atom. The molecule has 1 aromatic rings. The molecule has 0 radical (unpaired) electrons. The van der Waals surface area contributed by atoms with Gasteiger partial charge in [0.05, 0.1) is 5.92 Å². The summed E-state index contributed by atoms with van der Waals surface area (Å²) in [6, 6.07) is 5.19. The van der Waals surface area contributed by atoms with Crippen molar-refractivity contribution in [3.05, 3.63) is 33.3 Å². The van der Waals surface area contributed by atoms with Gasteiger partial charge in [-0.15, -0.1) is 0 Å². The molecule has 2 rings (SSSR count). The molecule has 7 heteroatoms. The molecule has 1 saturated heterocycles. The average molecular weight is 362 g/mol. The molecule has 1 aliphatic heterocycles. The number of urea groups is 1. The van der Waals surface area contributed by atoms with E-state index < -0.39 is 11.9 Å². The fraction of sp³-hybridized carbons (Fsp3) is 0.385. The quantitative estimate of drug-likeness (QED) is 0.869. The minimum atomic E-state index is -0.851. The number of hydrogen-bond donors (Lipinski definition) is 2. The molecular formula is C13H14BrClN2O3. The van der Waals surface area contributed by atoms with Gasteiger partial charge >= 0.3 is 12.0 Å². The molecule has 1 atom stereocenters. The Morgan fingerprint density at radius 1 is 1.50 bits per heavy atom. The van der Waals surface area contributed by atoms with Gasteiger partial charge in [0.1, 0.15) is 0 Å². The second kappa shape index (κ2) is 6.45. The van der Waals surface area contributed by atoms with Gasteiger partial charge in [0.2, 0.25) is 0 Å². The van der Waals surface area contributed by atoms with Crippen molar-refractivity contribution in [1.82, 2.24) is 10.2 Å². The summed E-state index contributed by atoms with van der Waals surface area (Å²) in [5, 5.41) is 12.2. The van der Waals surface area contributed by atoms with E-state index in [0.29, 0.717) is 24.5 Å². The number of nitrogens with zero attached hydrogens (tertiary/aromatic N) is 1. The topological polar surface area (TPSA) is 69.6 Å². The number of benzene rings is 1. The fourth-order valence-electron chi connectivity index (χ4n) is 2.09. The molecule has 1 heterocycles. The first-order chi connectivity index (χ1) is 9.47. The van der Waals surface area contributed by atoms with E-state index in [1.807, 2.05) is 12.1 Å². The average Bonchev–Trinajstić information content (AvgIpc) is 2.87. The molecule has 0 spiro atoms. The lowest BCUT2D eigenvalue weighted by molar-refractivity contribution is -0.141. The highest BCUT2D eigenvalue weighted by Crippen LogP contribution is 2.21. The number of rotatable bonds is 3. The predicted molar refractivity (Wildman–Crippen MR) is 78.7 cm³/mol. The van der Waals surface area contributed by atoms with Crippen LogP contribution in [0.5, 0.6) is 0 Å². The minimum absolute atomic E-state index is 0.257. The monoisotopic (exact) mass is 360 g/mol. The maximum atomic E-state index is 11.9. The first-order valence-corrected chi connectivity index (χ1v) is 7.34. The lowest BCUT2D eigenvalue weighted by Gasteiger charge is -2.17. The zero-order valence-electron chi connectivity index (χ0n) is 10.6. The van der Waals surface area contributed by atoms with Gasteiger partial charge in [0.25, 0.3) is 0 Å². The van der Waals surface area contributed by atoms with Crippen LogP contribution < -0.4 is 5.32 Å². The van der Waals surface area contributed by atoms with E-state index in [1.165, 1.54) is 4.90 Å². The van der Waals surface area contributed by atoms with Crippen molar-refractivity contribution in [3.63, 3.8) is 0 Å². The van der Waals surface area contributed by atoms with Gasteiger partial charge in [-0.05, 0) is 24.1 Å². The van der Waals surface area contributed by atoms with E-state index >= 15 is 0 Å². The van der Waals surface area contributed by atoms with E-state index in [0.717, 1.165) is 10.0 Å². The summed E-state index contributed by atoms with van der Waals surface area (Å²) in [7, 11) is 0. The van der Waals surface area contributed by atoms with Crippen LogP contribution in [0.25, 0.3) is 0 Å². The van der Waals surface area contributed by atoms with Gasteiger partial charge in [0.15, 0.2) is 0 Å². The molecule has 2 N–H and O–H groups in total. The molecule has 0 aromatic heterocycles. The summed E-state index contributed by atoms with van der Waals surface area (Å²) in [6.45, 7) is 1.05. The molecule has 0 aliphatic carbocycles. The summed E-state index contributed by atoms with van der Waals surface area (Å²) in [4.78, 5) is 24.3. The molecule has 0 bridgehead atoms. The number of halogens is 2. The summed E-state index contributed by atoms with van der Waals surface area (Å²) in [6.07, 6.45) is 0.502. The third-order valence-corrected chi connectivity index (χ3v) is 4.11.